The van der Waals surface area contributed by atoms with Crippen LogP contribution in [-0.4, -0.2) is 51.9 Å². The number of aromatic amines is 1. The van der Waals surface area contributed by atoms with E-state index in [1.165, 1.54) is 0 Å². The molecule has 1 fully saturated rings. The van der Waals surface area contributed by atoms with Gasteiger partial charge in [-0.3, -0.25) is 14.7 Å². The fourth-order valence-corrected chi connectivity index (χ4v) is 2.70. The topological polar surface area (TPSA) is 52.2 Å². The molecule has 0 saturated carbocycles. The van der Waals surface area contributed by atoms with Gasteiger partial charge in [-0.15, -0.1) is 0 Å². The van der Waals surface area contributed by atoms with Crippen molar-refractivity contribution in [3.63, 3.8) is 0 Å². The highest BCUT2D eigenvalue weighted by molar-refractivity contribution is 6.31. The highest BCUT2D eigenvalue weighted by atomic mass is 35.5. The molecule has 1 aliphatic heterocycles. The number of piperazine rings is 1. The van der Waals surface area contributed by atoms with Crippen LogP contribution in [0.15, 0.2) is 36.8 Å². The van der Waals surface area contributed by atoms with E-state index >= 15 is 0 Å². The lowest BCUT2D eigenvalue weighted by Crippen LogP contribution is -2.48. The minimum Gasteiger partial charge on any atom is -0.357 e. The molecule has 1 aliphatic rings. The van der Waals surface area contributed by atoms with E-state index in [1.54, 1.807) is 18.6 Å². The van der Waals surface area contributed by atoms with E-state index in [-0.39, 0.29) is 5.91 Å². The van der Waals surface area contributed by atoms with Crippen molar-refractivity contribution in [2.24, 2.45) is 0 Å². The van der Waals surface area contributed by atoms with E-state index < -0.39 is 0 Å². The number of nitrogens with zero attached hydrogens (tertiary/aromatic N) is 3. The van der Waals surface area contributed by atoms with E-state index in [9.17, 15) is 4.79 Å². The second kappa shape index (κ2) is 6.28. The predicted molar refractivity (Wildman–Crippen MR) is 81.2 cm³/mol. The molecule has 21 heavy (non-hydrogen) atoms. The molecule has 6 heteroatoms. The SMILES string of the molecule is O=C(c1ccc[nH]1)N1CCN(Cc2ccncc2Cl)CC1. The van der Waals surface area contributed by atoms with Crippen LogP contribution in [0.4, 0.5) is 0 Å². The number of rotatable bonds is 3. The highest BCUT2D eigenvalue weighted by Crippen LogP contribution is 2.17. The molecular formula is C15H17ClN4O. The van der Waals surface area contributed by atoms with Gasteiger partial charge in [-0.1, -0.05) is 11.6 Å². The average molecular weight is 305 g/mol. The minimum absolute atomic E-state index is 0.0709. The van der Waals surface area contributed by atoms with Crippen LogP contribution in [0.5, 0.6) is 0 Å². The maximum absolute atomic E-state index is 12.2. The van der Waals surface area contributed by atoms with Gasteiger partial charge in [0.15, 0.2) is 0 Å². The van der Waals surface area contributed by atoms with E-state index in [4.69, 9.17) is 11.6 Å². The van der Waals surface area contributed by atoms with Gasteiger partial charge >= 0.3 is 0 Å². The summed E-state index contributed by atoms with van der Waals surface area (Å²) in [4.78, 5) is 23.4. The molecule has 2 aromatic heterocycles. The van der Waals surface area contributed by atoms with Crippen LogP contribution in [0, 0.1) is 0 Å². The van der Waals surface area contributed by atoms with Crippen LogP contribution in [0.1, 0.15) is 16.1 Å². The van der Waals surface area contributed by atoms with Gasteiger partial charge in [0.1, 0.15) is 5.69 Å². The first-order valence-corrected chi connectivity index (χ1v) is 7.35. The Morgan fingerprint density at radius 2 is 2.10 bits per heavy atom. The molecule has 0 bridgehead atoms. The van der Waals surface area contributed by atoms with Gasteiger partial charge in [0.2, 0.25) is 0 Å². The first-order valence-electron chi connectivity index (χ1n) is 6.97. The van der Waals surface area contributed by atoms with Crippen molar-refractivity contribution in [3.05, 3.63) is 53.1 Å². The van der Waals surface area contributed by atoms with Crippen LogP contribution < -0.4 is 0 Å². The maximum Gasteiger partial charge on any atom is 0.270 e. The maximum atomic E-state index is 12.2. The van der Waals surface area contributed by atoms with E-state index in [0.29, 0.717) is 10.7 Å². The number of hydrogen-bond acceptors (Lipinski definition) is 3. The third-order valence-electron chi connectivity index (χ3n) is 3.74. The van der Waals surface area contributed by atoms with Crippen LogP contribution in [0.3, 0.4) is 0 Å². The number of nitrogens with one attached hydrogen (secondary N) is 1. The summed E-state index contributed by atoms with van der Waals surface area (Å²) in [6, 6.07) is 5.60. The van der Waals surface area contributed by atoms with Crippen molar-refractivity contribution >= 4 is 17.5 Å². The van der Waals surface area contributed by atoms with Crippen molar-refractivity contribution < 1.29 is 4.79 Å². The second-order valence-electron chi connectivity index (χ2n) is 5.12. The number of pyridine rings is 1. The first-order chi connectivity index (χ1) is 10.2. The molecule has 1 amide bonds. The molecule has 3 rings (SSSR count). The number of H-pyrrole nitrogens is 1. The molecule has 1 N–H and O–H groups in total. The number of hydrogen-bond donors (Lipinski definition) is 1. The van der Waals surface area contributed by atoms with Crippen LogP contribution in [-0.2, 0) is 6.54 Å². The molecule has 0 radical (unpaired) electrons. The molecule has 110 valence electrons. The Balaban J connectivity index is 1.56. The normalized spacial score (nSPS) is 16.1. The molecule has 0 atom stereocenters. The summed E-state index contributed by atoms with van der Waals surface area (Å²) in [6.45, 7) is 3.98. The molecule has 3 heterocycles. The van der Waals surface area contributed by atoms with Gasteiger partial charge in [0.05, 0.1) is 5.02 Å². The molecule has 1 saturated heterocycles. The highest BCUT2D eigenvalue weighted by Gasteiger charge is 2.22. The lowest BCUT2D eigenvalue weighted by atomic mass is 10.2. The summed E-state index contributed by atoms with van der Waals surface area (Å²) < 4.78 is 0. The van der Waals surface area contributed by atoms with Crippen molar-refractivity contribution in [3.8, 4) is 0 Å². The Kier molecular flexibility index (Phi) is 4.22. The predicted octanol–water partition coefficient (Wildman–Crippen LogP) is 2.02. The third-order valence-corrected chi connectivity index (χ3v) is 4.08. The zero-order chi connectivity index (χ0) is 14.7. The Bertz CT molecular complexity index is 606. The zero-order valence-corrected chi connectivity index (χ0v) is 12.4. The standard InChI is InChI=1S/C15H17ClN4O/c16-13-10-17-5-3-12(13)11-19-6-8-20(9-7-19)15(21)14-2-1-4-18-14/h1-5,10,18H,6-9,11H2. The molecule has 0 spiro atoms. The minimum atomic E-state index is 0.0709. The Hall–Kier alpha value is -1.85. The van der Waals surface area contributed by atoms with Crippen molar-refractivity contribution in [2.45, 2.75) is 6.54 Å². The van der Waals surface area contributed by atoms with Gasteiger partial charge in [-0.25, -0.2) is 0 Å². The fourth-order valence-electron chi connectivity index (χ4n) is 2.52. The Labute approximate surface area is 128 Å². The average Bonchev–Trinajstić information content (AvgIpc) is 3.04. The van der Waals surface area contributed by atoms with Gasteiger partial charge in [0, 0.05) is 51.3 Å². The summed E-state index contributed by atoms with van der Waals surface area (Å²) in [5, 5.41) is 0.697. The lowest BCUT2D eigenvalue weighted by Gasteiger charge is -2.34. The summed E-state index contributed by atoms with van der Waals surface area (Å²) in [5.41, 5.74) is 1.73. The summed E-state index contributed by atoms with van der Waals surface area (Å²) in [6.07, 6.45) is 5.20. The van der Waals surface area contributed by atoms with Crippen LogP contribution in [0.25, 0.3) is 0 Å². The molecule has 2 aromatic rings. The first kappa shape index (κ1) is 14.1. The van der Waals surface area contributed by atoms with Crippen molar-refractivity contribution in [1.82, 2.24) is 19.8 Å². The quantitative estimate of drug-likeness (QED) is 0.944. The molecular weight excluding hydrogens is 288 g/mol. The second-order valence-corrected chi connectivity index (χ2v) is 5.53. The summed E-state index contributed by atoms with van der Waals surface area (Å²) >= 11 is 6.13. The van der Waals surface area contributed by atoms with Gasteiger partial charge < -0.3 is 9.88 Å². The van der Waals surface area contributed by atoms with E-state index in [2.05, 4.69) is 14.9 Å². The number of carbonyl (C=O) groups is 1. The Morgan fingerprint density at radius 1 is 1.29 bits per heavy atom. The van der Waals surface area contributed by atoms with Gasteiger partial charge in [-0.2, -0.15) is 0 Å². The number of amides is 1. The number of aromatic nitrogens is 2. The lowest BCUT2D eigenvalue weighted by molar-refractivity contribution is 0.0623. The molecule has 0 aliphatic carbocycles. The smallest absolute Gasteiger partial charge is 0.270 e. The van der Waals surface area contributed by atoms with Crippen molar-refractivity contribution in [1.29, 1.82) is 0 Å². The largest absolute Gasteiger partial charge is 0.357 e. The van der Waals surface area contributed by atoms with E-state index in [1.807, 2.05) is 23.1 Å². The fraction of sp³-hybridized carbons (Fsp3) is 0.333. The number of halogens is 1. The van der Waals surface area contributed by atoms with Gasteiger partial charge in [0.25, 0.3) is 5.91 Å². The van der Waals surface area contributed by atoms with Crippen LogP contribution >= 0.6 is 11.6 Å². The molecule has 0 aromatic carbocycles. The van der Waals surface area contributed by atoms with Crippen LogP contribution in [0.2, 0.25) is 5.02 Å². The monoisotopic (exact) mass is 304 g/mol. The summed E-state index contributed by atoms with van der Waals surface area (Å²) in [5.74, 6) is 0.0709. The van der Waals surface area contributed by atoms with Crippen molar-refractivity contribution in [2.75, 3.05) is 26.2 Å². The summed E-state index contributed by atoms with van der Waals surface area (Å²) in [7, 11) is 0. The van der Waals surface area contributed by atoms with E-state index in [0.717, 1.165) is 38.3 Å². The molecule has 0 unspecified atom stereocenters. The van der Waals surface area contributed by atoms with Gasteiger partial charge in [-0.05, 0) is 23.8 Å². The number of carbonyl (C=O) groups excluding carboxylic acids is 1. The third kappa shape index (κ3) is 3.25. The zero-order valence-electron chi connectivity index (χ0n) is 11.6. The molecule has 5 nitrogen and oxygen atoms in total. The Morgan fingerprint density at radius 3 is 2.76 bits per heavy atom.